The van der Waals surface area contributed by atoms with E-state index >= 15 is 0 Å². The number of hydrogen-bond acceptors (Lipinski definition) is 4. The number of aromatic nitrogens is 1. The summed E-state index contributed by atoms with van der Waals surface area (Å²) in [5, 5.41) is 3.50. The molecule has 0 amide bonds. The number of methoxy groups -OCH3 is 1. The van der Waals surface area contributed by atoms with E-state index < -0.39 is 0 Å². The second-order valence-corrected chi connectivity index (χ2v) is 6.02. The molecule has 2 aliphatic heterocycles. The number of allylic oxidation sites excluding steroid dienone is 2. The lowest BCUT2D eigenvalue weighted by Crippen LogP contribution is -2.32. The molecule has 0 saturated carbocycles. The summed E-state index contributed by atoms with van der Waals surface area (Å²) in [4.78, 5) is 16.5. The van der Waals surface area contributed by atoms with Crippen molar-refractivity contribution in [1.29, 1.82) is 0 Å². The Morgan fingerprint density at radius 2 is 2.16 bits per heavy atom. The van der Waals surface area contributed by atoms with Crippen molar-refractivity contribution in [3.8, 4) is 5.75 Å². The normalized spacial score (nSPS) is 18.4. The van der Waals surface area contributed by atoms with Crippen molar-refractivity contribution < 1.29 is 4.74 Å². The largest absolute Gasteiger partial charge is 0.497 e. The second kappa shape index (κ2) is 6.36. The van der Waals surface area contributed by atoms with Crippen LogP contribution >= 0.6 is 0 Å². The Morgan fingerprint density at radius 1 is 1.24 bits per heavy atom. The van der Waals surface area contributed by atoms with Crippen LogP contribution in [0.4, 0.5) is 5.69 Å². The van der Waals surface area contributed by atoms with Gasteiger partial charge in [-0.2, -0.15) is 0 Å². The van der Waals surface area contributed by atoms with Gasteiger partial charge in [0.25, 0.3) is 0 Å². The fourth-order valence-electron chi connectivity index (χ4n) is 3.25. The molecule has 25 heavy (non-hydrogen) atoms. The lowest BCUT2D eigenvalue weighted by Gasteiger charge is -2.33. The fourth-order valence-corrected chi connectivity index (χ4v) is 3.25. The standard InChI is InChI=1S/C20H19N3O2/c1-25-16-5-2-4-15(13-16)22-17-7-8-18(23-11-3-6-19(17)23)14-9-10-21-20(24)12-14/h2-5,7-13,19,22H,6H2,1H3,(H,21,24). The van der Waals surface area contributed by atoms with Crippen LogP contribution in [0.5, 0.6) is 5.75 Å². The third-order valence-electron chi connectivity index (χ3n) is 4.45. The Balaban J connectivity index is 1.67. The first-order chi connectivity index (χ1) is 12.2. The minimum atomic E-state index is -0.0950. The minimum absolute atomic E-state index is 0.0950. The van der Waals surface area contributed by atoms with Crippen LogP contribution in [0.3, 0.4) is 0 Å². The first-order valence-electron chi connectivity index (χ1n) is 8.22. The maximum absolute atomic E-state index is 11.6. The van der Waals surface area contributed by atoms with E-state index in [1.807, 2.05) is 36.4 Å². The maximum Gasteiger partial charge on any atom is 0.248 e. The topological polar surface area (TPSA) is 57.4 Å². The molecule has 0 bridgehead atoms. The van der Waals surface area contributed by atoms with E-state index in [1.165, 1.54) is 0 Å². The average molecular weight is 333 g/mol. The molecule has 0 aliphatic carbocycles. The summed E-state index contributed by atoms with van der Waals surface area (Å²) in [6.45, 7) is 0. The van der Waals surface area contributed by atoms with Gasteiger partial charge in [-0.15, -0.1) is 0 Å². The zero-order chi connectivity index (χ0) is 17.2. The molecule has 2 aliphatic rings. The number of aromatic amines is 1. The Kier molecular flexibility index (Phi) is 3.90. The zero-order valence-electron chi connectivity index (χ0n) is 13.9. The van der Waals surface area contributed by atoms with Gasteiger partial charge in [0.05, 0.1) is 13.2 Å². The molecule has 1 unspecified atom stereocenters. The summed E-state index contributed by atoms with van der Waals surface area (Å²) in [5.41, 5.74) is 3.96. The van der Waals surface area contributed by atoms with E-state index in [0.29, 0.717) is 0 Å². The van der Waals surface area contributed by atoms with Gasteiger partial charge in [-0.1, -0.05) is 12.1 Å². The number of H-pyrrole nitrogens is 1. The molecule has 126 valence electrons. The molecule has 0 saturated heterocycles. The molecule has 0 spiro atoms. The minimum Gasteiger partial charge on any atom is -0.497 e. The highest BCUT2D eigenvalue weighted by Gasteiger charge is 2.29. The number of hydrogen-bond donors (Lipinski definition) is 2. The molecule has 5 heteroatoms. The highest BCUT2D eigenvalue weighted by atomic mass is 16.5. The Morgan fingerprint density at radius 3 is 3.00 bits per heavy atom. The van der Waals surface area contributed by atoms with Gasteiger partial charge in [0, 0.05) is 47.2 Å². The van der Waals surface area contributed by atoms with Gasteiger partial charge >= 0.3 is 0 Å². The predicted octanol–water partition coefficient (Wildman–Crippen LogP) is 3.32. The highest BCUT2D eigenvalue weighted by Crippen LogP contribution is 2.34. The monoisotopic (exact) mass is 333 g/mol. The third-order valence-corrected chi connectivity index (χ3v) is 4.45. The first kappa shape index (κ1) is 15.3. The number of rotatable bonds is 4. The number of anilines is 1. The molecule has 1 atom stereocenters. The van der Waals surface area contributed by atoms with Gasteiger partial charge in [-0.05, 0) is 36.8 Å². The smallest absolute Gasteiger partial charge is 0.248 e. The van der Waals surface area contributed by atoms with E-state index in [9.17, 15) is 4.79 Å². The summed E-state index contributed by atoms with van der Waals surface area (Å²) in [6.07, 6.45) is 11.0. The van der Waals surface area contributed by atoms with Crippen molar-refractivity contribution in [3.63, 3.8) is 0 Å². The van der Waals surface area contributed by atoms with Gasteiger partial charge in [-0.25, -0.2) is 0 Å². The van der Waals surface area contributed by atoms with Crippen molar-refractivity contribution in [2.24, 2.45) is 0 Å². The summed E-state index contributed by atoms with van der Waals surface area (Å²) in [5.74, 6) is 0.822. The Bertz CT molecular complexity index is 940. The quantitative estimate of drug-likeness (QED) is 0.901. The molecular formula is C20H19N3O2. The molecule has 1 aromatic heterocycles. The Labute approximate surface area is 145 Å². The van der Waals surface area contributed by atoms with Crippen LogP contribution in [0.1, 0.15) is 12.0 Å². The molecule has 0 radical (unpaired) electrons. The van der Waals surface area contributed by atoms with Crippen molar-refractivity contribution in [2.45, 2.75) is 12.5 Å². The number of benzene rings is 1. The number of nitrogens with one attached hydrogen (secondary N) is 2. The predicted molar refractivity (Wildman–Crippen MR) is 99.1 cm³/mol. The molecule has 3 heterocycles. The van der Waals surface area contributed by atoms with E-state index in [2.05, 4.69) is 33.6 Å². The number of ether oxygens (including phenoxy) is 1. The van der Waals surface area contributed by atoms with Gasteiger partial charge in [0.15, 0.2) is 0 Å². The summed E-state index contributed by atoms with van der Waals surface area (Å²) in [6, 6.07) is 11.6. The molecule has 4 rings (SSSR count). The third kappa shape index (κ3) is 2.96. The van der Waals surface area contributed by atoms with Crippen LogP contribution in [-0.2, 0) is 0 Å². The SMILES string of the molecule is COc1cccc(NC2=CC=C(c3cc[nH]c(=O)c3)N3C=CCC23)c1. The van der Waals surface area contributed by atoms with Crippen LogP contribution in [0.25, 0.3) is 5.70 Å². The van der Waals surface area contributed by atoms with E-state index in [4.69, 9.17) is 4.74 Å². The second-order valence-electron chi connectivity index (χ2n) is 6.02. The van der Waals surface area contributed by atoms with Crippen LogP contribution in [0.2, 0.25) is 0 Å². The highest BCUT2D eigenvalue weighted by molar-refractivity contribution is 5.70. The van der Waals surface area contributed by atoms with Crippen molar-refractivity contribution in [2.75, 3.05) is 12.4 Å². The fraction of sp³-hybridized carbons (Fsp3) is 0.150. The van der Waals surface area contributed by atoms with Crippen molar-refractivity contribution >= 4 is 11.4 Å². The average Bonchev–Trinajstić information content (AvgIpc) is 3.12. The number of nitrogens with zero attached hydrogens (tertiary/aromatic N) is 1. The number of pyridine rings is 1. The van der Waals surface area contributed by atoms with Crippen molar-refractivity contribution in [1.82, 2.24) is 9.88 Å². The molecule has 2 aromatic rings. The summed E-state index contributed by atoms with van der Waals surface area (Å²) < 4.78 is 5.29. The van der Waals surface area contributed by atoms with Gasteiger partial charge < -0.3 is 19.9 Å². The molecular weight excluding hydrogens is 314 g/mol. The van der Waals surface area contributed by atoms with Gasteiger partial charge in [0.1, 0.15) is 5.75 Å². The molecule has 1 aromatic carbocycles. The van der Waals surface area contributed by atoms with E-state index in [-0.39, 0.29) is 11.6 Å². The summed E-state index contributed by atoms with van der Waals surface area (Å²) >= 11 is 0. The maximum atomic E-state index is 11.6. The molecule has 0 fully saturated rings. The van der Waals surface area contributed by atoms with Crippen LogP contribution < -0.4 is 15.6 Å². The zero-order valence-corrected chi connectivity index (χ0v) is 13.9. The van der Waals surface area contributed by atoms with Gasteiger partial charge in [0.2, 0.25) is 5.56 Å². The van der Waals surface area contributed by atoms with Crippen LogP contribution in [0, 0.1) is 0 Å². The lowest BCUT2D eigenvalue weighted by atomic mass is 10.0. The first-order valence-corrected chi connectivity index (χ1v) is 8.22. The Hall–Kier alpha value is -3.21. The van der Waals surface area contributed by atoms with Crippen LogP contribution in [-0.4, -0.2) is 23.0 Å². The van der Waals surface area contributed by atoms with E-state index in [1.54, 1.807) is 19.4 Å². The summed E-state index contributed by atoms with van der Waals surface area (Å²) in [7, 11) is 1.66. The van der Waals surface area contributed by atoms with Crippen molar-refractivity contribution in [3.05, 3.63) is 88.6 Å². The number of fused-ring (bicyclic) bond motifs is 1. The molecule has 2 N–H and O–H groups in total. The molecule has 5 nitrogen and oxygen atoms in total. The van der Waals surface area contributed by atoms with Crippen LogP contribution in [0.15, 0.2) is 77.5 Å². The van der Waals surface area contributed by atoms with Gasteiger partial charge in [-0.3, -0.25) is 4.79 Å². The van der Waals surface area contributed by atoms with E-state index in [0.717, 1.165) is 34.8 Å². The lowest BCUT2D eigenvalue weighted by molar-refractivity contribution is 0.415.